The zero-order chi connectivity index (χ0) is 15.4. The Morgan fingerprint density at radius 1 is 0.900 bits per heavy atom. The van der Waals surface area contributed by atoms with Gasteiger partial charge in [0.25, 0.3) is 0 Å². The third kappa shape index (κ3) is 11.7. The van der Waals surface area contributed by atoms with Crippen molar-refractivity contribution in [2.75, 3.05) is 13.2 Å². The predicted octanol–water partition coefficient (Wildman–Crippen LogP) is 4.17. The van der Waals surface area contributed by atoms with Crippen molar-refractivity contribution in [3.05, 3.63) is 0 Å². The monoisotopic (exact) mass is 288 g/mol. The van der Waals surface area contributed by atoms with E-state index in [0.717, 1.165) is 18.8 Å². The van der Waals surface area contributed by atoms with Crippen LogP contribution < -0.4 is 0 Å². The summed E-state index contributed by atoms with van der Waals surface area (Å²) in [5, 5.41) is 8.92. The van der Waals surface area contributed by atoms with Crippen molar-refractivity contribution in [1.82, 2.24) is 0 Å². The average Bonchev–Trinajstić information content (AvgIpc) is 2.42. The first-order chi connectivity index (χ1) is 9.49. The summed E-state index contributed by atoms with van der Waals surface area (Å²) in [6.07, 6.45) is 7.79. The highest BCUT2D eigenvalue weighted by Crippen LogP contribution is 2.15. The third-order valence-corrected chi connectivity index (χ3v) is 3.56. The second-order valence-electron chi connectivity index (χ2n) is 6.34. The Balaban J connectivity index is 3.68. The highest BCUT2D eigenvalue weighted by Gasteiger charge is 2.12. The van der Waals surface area contributed by atoms with E-state index in [4.69, 9.17) is 14.6 Å². The van der Waals surface area contributed by atoms with Gasteiger partial charge in [0.2, 0.25) is 0 Å². The summed E-state index contributed by atoms with van der Waals surface area (Å²) >= 11 is 0. The molecular formula is C17H36O3. The molecule has 0 aliphatic rings. The molecule has 122 valence electrons. The van der Waals surface area contributed by atoms with Gasteiger partial charge in [0.1, 0.15) is 0 Å². The maximum absolute atomic E-state index is 8.92. The molecule has 3 heteroatoms. The molecule has 0 aliphatic heterocycles. The number of hydrogen-bond acceptors (Lipinski definition) is 3. The highest BCUT2D eigenvalue weighted by atomic mass is 16.5. The second-order valence-corrected chi connectivity index (χ2v) is 6.34. The lowest BCUT2D eigenvalue weighted by molar-refractivity contribution is -0.0753. The van der Waals surface area contributed by atoms with Crippen LogP contribution in [0.25, 0.3) is 0 Å². The molecule has 0 aromatic heterocycles. The maximum atomic E-state index is 8.92. The van der Waals surface area contributed by atoms with Crippen LogP contribution in [-0.4, -0.2) is 36.6 Å². The molecule has 0 rings (SSSR count). The average molecular weight is 288 g/mol. The lowest BCUT2D eigenvalue weighted by Gasteiger charge is -2.22. The van der Waals surface area contributed by atoms with Crippen molar-refractivity contribution in [2.45, 2.75) is 91.5 Å². The fraction of sp³-hybridized carbons (Fsp3) is 1.00. The van der Waals surface area contributed by atoms with Gasteiger partial charge in [-0.05, 0) is 32.6 Å². The number of aliphatic hydroxyl groups is 1. The van der Waals surface area contributed by atoms with Crippen molar-refractivity contribution in [3.8, 4) is 0 Å². The van der Waals surface area contributed by atoms with Crippen LogP contribution in [0.2, 0.25) is 0 Å². The lowest BCUT2D eigenvalue weighted by atomic mass is 10.0. The Hall–Kier alpha value is -0.120. The molecular weight excluding hydrogens is 252 g/mol. The van der Waals surface area contributed by atoms with Gasteiger partial charge in [-0.15, -0.1) is 0 Å². The van der Waals surface area contributed by atoms with Crippen LogP contribution in [0, 0.1) is 5.92 Å². The van der Waals surface area contributed by atoms with E-state index >= 15 is 0 Å². The first kappa shape index (κ1) is 19.9. The molecule has 0 saturated carbocycles. The van der Waals surface area contributed by atoms with Crippen LogP contribution in [0.15, 0.2) is 0 Å². The Kier molecular flexibility index (Phi) is 12.5. The summed E-state index contributed by atoms with van der Waals surface area (Å²) in [6.45, 7) is 11.3. The standard InChI is InChI=1S/C17H36O3/c1-6-17(11-9-7-8-10-14(2)3)20-16(5)13-19-15(4)12-18/h14-18H,6-13H2,1-5H3. The summed E-state index contributed by atoms with van der Waals surface area (Å²) in [4.78, 5) is 0. The van der Waals surface area contributed by atoms with Gasteiger partial charge < -0.3 is 14.6 Å². The minimum absolute atomic E-state index is 0.0692. The predicted molar refractivity (Wildman–Crippen MR) is 85.0 cm³/mol. The molecule has 0 heterocycles. The number of rotatable bonds is 13. The molecule has 3 atom stereocenters. The molecule has 0 amide bonds. The second kappa shape index (κ2) is 12.6. The number of aliphatic hydroxyl groups excluding tert-OH is 1. The summed E-state index contributed by atoms with van der Waals surface area (Å²) in [6, 6.07) is 0. The van der Waals surface area contributed by atoms with Crippen molar-refractivity contribution in [2.24, 2.45) is 5.92 Å². The zero-order valence-electron chi connectivity index (χ0n) is 14.2. The van der Waals surface area contributed by atoms with Gasteiger partial charge in [0.05, 0.1) is 31.5 Å². The topological polar surface area (TPSA) is 38.7 Å². The van der Waals surface area contributed by atoms with E-state index < -0.39 is 0 Å². The molecule has 0 fully saturated rings. The van der Waals surface area contributed by atoms with Crippen molar-refractivity contribution >= 4 is 0 Å². The van der Waals surface area contributed by atoms with Crippen molar-refractivity contribution < 1.29 is 14.6 Å². The molecule has 3 nitrogen and oxygen atoms in total. The Morgan fingerprint density at radius 2 is 1.55 bits per heavy atom. The van der Waals surface area contributed by atoms with Crippen LogP contribution in [0.4, 0.5) is 0 Å². The van der Waals surface area contributed by atoms with E-state index in [9.17, 15) is 0 Å². The van der Waals surface area contributed by atoms with Gasteiger partial charge in [0.15, 0.2) is 0 Å². The number of hydrogen-bond donors (Lipinski definition) is 1. The summed E-state index contributed by atoms with van der Waals surface area (Å²) in [5.74, 6) is 0.818. The van der Waals surface area contributed by atoms with Crippen LogP contribution in [0.3, 0.4) is 0 Å². The minimum atomic E-state index is -0.0999. The maximum Gasteiger partial charge on any atom is 0.0784 e. The van der Waals surface area contributed by atoms with Crippen LogP contribution in [-0.2, 0) is 9.47 Å². The molecule has 0 radical (unpaired) electrons. The van der Waals surface area contributed by atoms with Crippen LogP contribution in [0.5, 0.6) is 0 Å². The van der Waals surface area contributed by atoms with Crippen LogP contribution in [0.1, 0.15) is 73.1 Å². The van der Waals surface area contributed by atoms with E-state index in [0.29, 0.717) is 12.7 Å². The van der Waals surface area contributed by atoms with Gasteiger partial charge >= 0.3 is 0 Å². The summed E-state index contributed by atoms with van der Waals surface area (Å²) < 4.78 is 11.5. The van der Waals surface area contributed by atoms with E-state index in [1.807, 2.05) is 13.8 Å². The molecule has 0 spiro atoms. The van der Waals surface area contributed by atoms with E-state index in [2.05, 4.69) is 20.8 Å². The van der Waals surface area contributed by atoms with E-state index in [1.165, 1.54) is 25.7 Å². The molecule has 0 aromatic carbocycles. The van der Waals surface area contributed by atoms with E-state index in [-0.39, 0.29) is 18.8 Å². The molecule has 1 N–H and O–H groups in total. The highest BCUT2D eigenvalue weighted by molar-refractivity contribution is 4.61. The minimum Gasteiger partial charge on any atom is -0.394 e. The van der Waals surface area contributed by atoms with Crippen molar-refractivity contribution in [3.63, 3.8) is 0 Å². The molecule has 0 saturated heterocycles. The SMILES string of the molecule is CCC(CCCCCC(C)C)OC(C)COC(C)CO. The Bertz CT molecular complexity index is 206. The Labute approximate surface area is 126 Å². The molecule has 3 unspecified atom stereocenters. The number of unbranched alkanes of at least 4 members (excludes halogenated alkanes) is 2. The lowest BCUT2D eigenvalue weighted by Crippen LogP contribution is -2.26. The van der Waals surface area contributed by atoms with Gasteiger partial charge in [0, 0.05) is 0 Å². The third-order valence-electron chi connectivity index (χ3n) is 3.56. The fourth-order valence-electron chi connectivity index (χ4n) is 2.19. The zero-order valence-corrected chi connectivity index (χ0v) is 14.2. The normalized spacial score (nSPS) is 16.4. The first-order valence-corrected chi connectivity index (χ1v) is 8.37. The van der Waals surface area contributed by atoms with Gasteiger partial charge in [-0.25, -0.2) is 0 Å². The Morgan fingerprint density at radius 3 is 2.10 bits per heavy atom. The van der Waals surface area contributed by atoms with Gasteiger partial charge in [-0.3, -0.25) is 0 Å². The number of ether oxygens (including phenoxy) is 2. The molecule has 0 bridgehead atoms. The molecule has 20 heavy (non-hydrogen) atoms. The summed E-state index contributed by atoms with van der Waals surface area (Å²) in [5.41, 5.74) is 0. The fourth-order valence-corrected chi connectivity index (χ4v) is 2.19. The summed E-state index contributed by atoms with van der Waals surface area (Å²) in [7, 11) is 0. The largest absolute Gasteiger partial charge is 0.394 e. The smallest absolute Gasteiger partial charge is 0.0784 e. The molecule has 0 aromatic rings. The van der Waals surface area contributed by atoms with Gasteiger partial charge in [-0.2, -0.15) is 0 Å². The van der Waals surface area contributed by atoms with Crippen molar-refractivity contribution in [1.29, 1.82) is 0 Å². The molecule has 0 aliphatic carbocycles. The van der Waals surface area contributed by atoms with Crippen LogP contribution >= 0.6 is 0 Å². The first-order valence-electron chi connectivity index (χ1n) is 8.37. The van der Waals surface area contributed by atoms with Gasteiger partial charge in [-0.1, -0.05) is 46.5 Å². The quantitative estimate of drug-likeness (QED) is 0.517. The van der Waals surface area contributed by atoms with E-state index in [1.54, 1.807) is 0 Å².